The number of carbonyl (C=O) groups is 2. The molecule has 2 rings (SSSR count). The Morgan fingerprint density at radius 3 is 2.38 bits per heavy atom. The summed E-state index contributed by atoms with van der Waals surface area (Å²) in [6, 6.07) is 12.5. The minimum absolute atomic E-state index is 0.213. The zero-order valence-corrected chi connectivity index (χ0v) is 18.4. The largest absolute Gasteiger partial charge is 0.494 e. The molecule has 0 fully saturated rings. The fourth-order valence-electron chi connectivity index (χ4n) is 2.50. The predicted molar refractivity (Wildman–Crippen MR) is 116 cm³/mol. The molecule has 2 N–H and O–H groups in total. The van der Waals surface area contributed by atoms with E-state index < -0.39 is 11.8 Å². The summed E-state index contributed by atoms with van der Waals surface area (Å²) in [7, 11) is 0. The third kappa shape index (κ3) is 7.77. The summed E-state index contributed by atoms with van der Waals surface area (Å²) in [5.74, 6) is 0.415. The van der Waals surface area contributed by atoms with Crippen molar-refractivity contribution in [3.8, 4) is 11.5 Å². The Kier molecular flexibility index (Phi) is 9.50. The molecule has 0 radical (unpaired) electrons. The normalized spacial score (nSPS) is 10.3. The monoisotopic (exact) mass is 462 g/mol. The third-order valence-electron chi connectivity index (χ3n) is 4.21. The molecule has 29 heavy (non-hydrogen) atoms. The molecule has 0 saturated carbocycles. The molecule has 0 saturated heterocycles. The lowest BCUT2D eigenvalue weighted by atomic mass is 10.2. The van der Waals surface area contributed by atoms with E-state index in [-0.39, 0.29) is 6.61 Å². The Hall–Kier alpha value is -2.54. The number of halogens is 1. The second-order valence-electron chi connectivity index (χ2n) is 6.49. The van der Waals surface area contributed by atoms with Gasteiger partial charge in [-0.15, -0.1) is 0 Å². The van der Waals surface area contributed by atoms with Gasteiger partial charge in [-0.25, -0.2) is 0 Å². The Morgan fingerprint density at radius 1 is 0.966 bits per heavy atom. The second-order valence-corrected chi connectivity index (χ2v) is 7.34. The molecule has 0 aliphatic heterocycles. The van der Waals surface area contributed by atoms with Gasteiger partial charge in [0.1, 0.15) is 11.5 Å². The van der Waals surface area contributed by atoms with Gasteiger partial charge < -0.3 is 9.47 Å². The van der Waals surface area contributed by atoms with Crippen LogP contribution in [0.1, 0.15) is 49.0 Å². The molecule has 0 aliphatic rings. The van der Waals surface area contributed by atoms with Gasteiger partial charge >= 0.3 is 0 Å². The van der Waals surface area contributed by atoms with Crippen molar-refractivity contribution in [2.45, 2.75) is 39.5 Å². The van der Waals surface area contributed by atoms with E-state index in [0.29, 0.717) is 17.9 Å². The van der Waals surface area contributed by atoms with Crippen LogP contribution in [0.2, 0.25) is 0 Å². The van der Waals surface area contributed by atoms with Crippen LogP contribution in [0.4, 0.5) is 0 Å². The highest BCUT2D eigenvalue weighted by Gasteiger charge is 2.09. The quantitative estimate of drug-likeness (QED) is 0.404. The van der Waals surface area contributed by atoms with Crippen LogP contribution >= 0.6 is 15.9 Å². The maximum absolute atomic E-state index is 12.1. The molecular weight excluding hydrogens is 436 g/mol. The molecule has 2 amide bonds. The lowest BCUT2D eigenvalue weighted by Crippen LogP contribution is -2.43. The number of hydrazine groups is 1. The van der Waals surface area contributed by atoms with Crippen molar-refractivity contribution in [3.63, 3.8) is 0 Å². The lowest BCUT2D eigenvalue weighted by Gasteiger charge is -2.11. The number of benzene rings is 2. The standard InChI is InChI=1S/C22H27BrN2O4/c1-3-5-6-13-28-18-10-8-17(9-11-18)22(27)25-24-21(26)15-29-20-12-7-16(4-2)14-19(20)23/h7-12,14H,3-6,13,15H2,1-2H3,(H,24,26)(H,25,27). The highest BCUT2D eigenvalue weighted by Crippen LogP contribution is 2.26. The highest BCUT2D eigenvalue weighted by atomic mass is 79.9. The van der Waals surface area contributed by atoms with Crippen LogP contribution in [0, 0.1) is 0 Å². The highest BCUT2D eigenvalue weighted by molar-refractivity contribution is 9.10. The summed E-state index contributed by atoms with van der Waals surface area (Å²) < 4.78 is 11.9. The number of aryl methyl sites for hydroxylation is 1. The maximum Gasteiger partial charge on any atom is 0.276 e. The Labute approximate surface area is 180 Å². The predicted octanol–water partition coefficient (Wildman–Crippen LogP) is 4.42. The first-order valence-electron chi connectivity index (χ1n) is 9.76. The van der Waals surface area contributed by atoms with E-state index in [4.69, 9.17) is 9.47 Å². The molecule has 6 nitrogen and oxygen atoms in total. The minimum atomic E-state index is -0.458. The number of nitrogens with one attached hydrogen (secondary N) is 2. The number of rotatable bonds is 10. The van der Waals surface area contributed by atoms with Gasteiger partial charge in [0.25, 0.3) is 11.8 Å². The Bertz CT molecular complexity index is 809. The van der Waals surface area contributed by atoms with Crippen molar-refractivity contribution in [2.75, 3.05) is 13.2 Å². The summed E-state index contributed by atoms with van der Waals surface area (Å²) in [4.78, 5) is 24.1. The van der Waals surface area contributed by atoms with Gasteiger partial charge in [0.15, 0.2) is 6.61 Å². The van der Waals surface area contributed by atoms with Crippen molar-refractivity contribution < 1.29 is 19.1 Å². The minimum Gasteiger partial charge on any atom is -0.494 e. The molecule has 0 unspecified atom stereocenters. The van der Waals surface area contributed by atoms with Gasteiger partial charge in [0.05, 0.1) is 11.1 Å². The van der Waals surface area contributed by atoms with Crippen LogP contribution in [0.15, 0.2) is 46.9 Å². The lowest BCUT2D eigenvalue weighted by molar-refractivity contribution is -0.123. The van der Waals surface area contributed by atoms with Gasteiger partial charge in [-0.05, 0) is 70.7 Å². The third-order valence-corrected chi connectivity index (χ3v) is 4.83. The van der Waals surface area contributed by atoms with Crippen molar-refractivity contribution in [1.29, 1.82) is 0 Å². The van der Waals surface area contributed by atoms with Crippen LogP contribution in [0.25, 0.3) is 0 Å². The van der Waals surface area contributed by atoms with Gasteiger partial charge in [0, 0.05) is 5.56 Å². The summed E-state index contributed by atoms with van der Waals surface area (Å²) in [6.45, 7) is 4.65. The number of ether oxygens (including phenoxy) is 2. The van der Waals surface area contributed by atoms with E-state index in [2.05, 4.69) is 40.6 Å². The average molecular weight is 463 g/mol. The van der Waals surface area contributed by atoms with Gasteiger partial charge in [-0.2, -0.15) is 0 Å². The molecular formula is C22H27BrN2O4. The zero-order valence-electron chi connectivity index (χ0n) is 16.8. The fraction of sp³-hybridized carbons (Fsp3) is 0.364. The Morgan fingerprint density at radius 2 is 1.72 bits per heavy atom. The zero-order chi connectivity index (χ0) is 21.1. The van der Waals surface area contributed by atoms with Gasteiger partial charge in [-0.1, -0.05) is 32.8 Å². The molecule has 0 aliphatic carbocycles. The van der Waals surface area contributed by atoms with E-state index >= 15 is 0 Å². The smallest absolute Gasteiger partial charge is 0.276 e. The molecule has 0 spiro atoms. The number of unbranched alkanes of at least 4 members (excludes halogenated alkanes) is 2. The molecule has 0 atom stereocenters. The molecule has 0 aromatic heterocycles. The van der Waals surface area contributed by atoms with Gasteiger partial charge in [0.2, 0.25) is 0 Å². The molecule has 2 aromatic rings. The van der Waals surface area contributed by atoms with E-state index in [1.165, 1.54) is 5.56 Å². The maximum atomic E-state index is 12.1. The van der Waals surface area contributed by atoms with Crippen molar-refractivity contribution in [2.24, 2.45) is 0 Å². The topological polar surface area (TPSA) is 76.7 Å². The summed E-state index contributed by atoms with van der Waals surface area (Å²) in [5.41, 5.74) is 6.31. The summed E-state index contributed by atoms with van der Waals surface area (Å²) in [5, 5.41) is 0. The van der Waals surface area contributed by atoms with Crippen molar-refractivity contribution in [3.05, 3.63) is 58.1 Å². The van der Waals surface area contributed by atoms with Crippen LogP contribution in [-0.4, -0.2) is 25.0 Å². The second kappa shape index (κ2) is 12.1. The van der Waals surface area contributed by atoms with E-state index in [1.807, 2.05) is 12.1 Å². The molecule has 156 valence electrons. The fourth-order valence-corrected chi connectivity index (χ4v) is 3.04. The first-order chi connectivity index (χ1) is 14.0. The van der Waals surface area contributed by atoms with Crippen molar-refractivity contribution in [1.82, 2.24) is 10.9 Å². The van der Waals surface area contributed by atoms with E-state index in [9.17, 15) is 9.59 Å². The number of hydrogen-bond acceptors (Lipinski definition) is 4. The number of amides is 2. The van der Waals surface area contributed by atoms with Crippen LogP contribution in [0.3, 0.4) is 0 Å². The molecule has 0 heterocycles. The summed E-state index contributed by atoms with van der Waals surface area (Å²) >= 11 is 3.42. The average Bonchev–Trinajstić information content (AvgIpc) is 2.74. The van der Waals surface area contributed by atoms with Crippen LogP contribution in [0.5, 0.6) is 11.5 Å². The van der Waals surface area contributed by atoms with Gasteiger partial charge in [-0.3, -0.25) is 20.4 Å². The number of carbonyl (C=O) groups excluding carboxylic acids is 2. The Balaban J connectivity index is 1.74. The van der Waals surface area contributed by atoms with Crippen LogP contribution < -0.4 is 20.3 Å². The molecule has 0 bridgehead atoms. The van der Waals surface area contributed by atoms with Crippen molar-refractivity contribution >= 4 is 27.7 Å². The van der Waals surface area contributed by atoms with E-state index in [1.54, 1.807) is 30.3 Å². The summed E-state index contributed by atoms with van der Waals surface area (Å²) in [6.07, 6.45) is 4.19. The first-order valence-corrected chi connectivity index (χ1v) is 10.6. The molecule has 7 heteroatoms. The first kappa shape index (κ1) is 22.7. The number of hydrogen-bond donors (Lipinski definition) is 2. The van der Waals surface area contributed by atoms with Crippen LogP contribution in [-0.2, 0) is 11.2 Å². The van der Waals surface area contributed by atoms with E-state index in [0.717, 1.165) is 35.9 Å². The SMILES string of the molecule is CCCCCOc1ccc(C(=O)NNC(=O)COc2ccc(CC)cc2Br)cc1. The molecule has 2 aromatic carbocycles.